The van der Waals surface area contributed by atoms with Gasteiger partial charge < -0.3 is 30.1 Å². The molecule has 1 heterocycles. The highest BCUT2D eigenvalue weighted by molar-refractivity contribution is 5.67. The predicted molar refractivity (Wildman–Crippen MR) is 154 cm³/mol. The van der Waals surface area contributed by atoms with Crippen molar-refractivity contribution in [1.82, 2.24) is 4.90 Å². The molecule has 4 N–H and O–H groups in total. The highest BCUT2D eigenvalue weighted by atomic mass is 16.6. The topological polar surface area (TPSA) is 110 Å². The van der Waals surface area contributed by atoms with Gasteiger partial charge >= 0.3 is 6.09 Å². The lowest BCUT2D eigenvalue weighted by Gasteiger charge is -2.64. The zero-order chi connectivity index (χ0) is 28.9. The van der Waals surface area contributed by atoms with Crippen LogP contribution in [0.2, 0.25) is 0 Å². The number of carbonyl (C=O) groups excluding carboxylic acids is 1. The molecule has 7 heteroatoms. The summed E-state index contributed by atoms with van der Waals surface area (Å²) in [5, 5.41) is 41.7. The maximum absolute atomic E-state index is 12.7. The summed E-state index contributed by atoms with van der Waals surface area (Å²) in [5.74, 6) is 3.20. The molecule has 1 amide bonds. The molecule has 5 fully saturated rings. The molecule has 40 heavy (non-hydrogen) atoms. The summed E-state index contributed by atoms with van der Waals surface area (Å²) in [5.41, 5.74) is -0.0318. The third kappa shape index (κ3) is 5.03. The first-order valence-electron chi connectivity index (χ1n) is 16.5. The Bertz CT molecular complexity index is 884. The fourth-order valence-electron chi connectivity index (χ4n) is 11.1. The fraction of sp³-hybridized carbons (Fsp3) is 0.970. The van der Waals surface area contributed by atoms with Crippen LogP contribution in [0.15, 0.2) is 0 Å². The predicted octanol–water partition coefficient (Wildman–Crippen LogP) is 4.84. The highest BCUT2D eigenvalue weighted by Gasteiger charge is 2.64. The summed E-state index contributed by atoms with van der Waals surface area (Å²) in [7, 11) is 0. The number of hydrogen-bond donors (Lipinski definition) is 4. The molecule has 0 spiro atoms. The molecule has 0 bridgehead atoms. The normalized spacial score (nSPS) is 45.2. The van der Waals surface area contributed by atoms with Gasteiger partial charge in [-0.3, -0.25) is 0 Å². The average Bonchev–Trinajstić information content (AvgIpc) is 3.31. The zero-order valence-electron chi connectivity index (χ0n) is 25.6. The number of carbonyl (C=O) groups is 1. The van der Waals surface area contributed by atoms with Gasteiger partial charge in [-0.1, -0.05) is 34.1 Å². The number of likely N-dealkylation sites (tertiary alicyclic amines) is 1. The van der Waals surface area contributed by atoms with Crippen molar-refractivity contribution in [2.45, 2.75) is 111 Å². The van der Waals surface area contributed by atoms with Gasteiger partial charge in [0.25, 0.3) is 0 Å². The zero-order valence-corrected chi connectivity index (χ0v) is 25.6. The second-order valence-electron chi connectivity index (χ2n) is 15.3. The van der Waals surface area contributed by atoms with E-state index in [2.05, 4.69) is 27.7 Å². The van der Waals surface area contributed by atoms with Crippen molar-refractivity contribution >= 4 is 6.09 Å². The van der Waals surface area contributed by atoms with Crippen molar-refractivity contribution in [1.29, 1.82) is 0 Å². The molecule has 1 saturated heterocycles. The number of fused-ring (bicyclic) bond motifs is 5. The molecule has 0 aromatic carbocycles. The van der Waals surface area contributed by atoms with Gasteiger partial charge in [0, 0.05) is 18.5 Å². The summed E-state index contributed by atoms with van der Waals surface area (Å²) < 4.78 is 5.73. The molecule has 2 unspecified atom stereocenters. The third-order valence-corrected chi connectivity index (χ3v) is 13.7. The molecule has 0 aromatic rings. The second kappa shape index (κ2) is 11.7. The number of ether oxygens (including phenoxy) is 1. The lowest BCUT2D eigenvalue weighted by Crippen LogP contribution is -2.62. The SMILES string of the molecule is CC[C@H]1[C@@H](O)[C@@H]2C(CC[C@]3(C)C([C@H](C)CCOC(=O)N4CCC(CO)(CO)CC4)CC[C@@H]23)[C@@]2(C)CC[C@@H](O)C[C@@H]12. The molecule has 4 saturated carbocycles. The first kappa shape index (κ1) is 30.6. The van der Waals surface area contributed by atoms with E-state index in [-0.39, 0.29) is 48.3 Å². The minimum atomic E-state index is -0.474. The minimum Gasteiger partial charge on any atom is -0.449 e. The lowest BCUT2D eigenvalue weighted by atomic mass is 9.41. The number of hydrogen-bond acceptors (Lipinski definition) is 6. The second-order valence-corrected chi connectivity index (χ2v) is 15.3. The quantitative estimate of drug-likeness (QED) is 0.353. The molecular formula is C33H57NO6. The Morgan fingerprint density at radius 3 is 2.23 bits per heavy atom. The van der Waals surface area contributed by atoms with Crippen LogP contribution in [-0.4, -0.2) is 76.5 Å². The summed E-state index contributed by atoms with van der Waals surface area (Å²) >= 11 is 0. The maximum atomic E-state index is 12.7. The number of rotatable bonds is 7. The van der Waals surface area contributed by atoms with Gasteiger partial charge in [0.2, 0.25) is 0 Å². The Balaban J connectivity index is 1.20. The van der Waals surface area contributed by atoms with Crippen molar-refractivity contribution in [3.05, 3.63) is 0 Å². The summed E-state index contributed by atoms with van der Waals surface area (Å²) in [6, 6.07) is 0. The molecule has 5 aliphatic rings. The van der Waals surface area contributed by atoms with E-state index in [9.17, 15) is 25.2 Å². The van der Waals surface area contributed by atoms with E-state index in [1.54, 1.807) is 4.90 Å². The van der Waals surface area contributed by atoms with Crippen LogP contribution in [0.5, 0.6) is 0 Å². The van der Waals surface area contributed by atoms with E-state index < -0.39 is 5.41 Å². The van der Waals surface area contributed by atoms with Crippen LogP contribution in [0.1, 0.15) is 98.3 Å². The van der Waals surface area contributed by atoms with Crippen LogP contribution < -0.4 is 0 Å². The van der Waals surface area contributed by atoms with Crippen LogP contribution in [0.25, 0.3) is 0 Å². The van der Waals surface area contributed by atoms with Crippen molar-refractivity contribution < 1.29 is 30.0 Å². The van der Waals surface area contributed by atoms with Crippen LogP contribution >= 0.6 is 0 Å². The molecule has 1 aliphatic heterocycles. The van der Waals surface area contributed by atoms with Crippen molar-refractivity contribution in [3.63, 3.8) is 0 Å². The summed E-state index contributed by atoms with van der Waals surface area (Å²) in [6.07, 6.45) is 9.93. The fourth-order valence-corrected chi connectivity index (χ4v) is 11.1. The number of aliphatic hydroxyl groups excluding tert-OH is 4. The molecular weight excluding hydrogens is 506 g/mol. The highest BCUT2D eigenvalue weighted by Crippen LogP contribution is 2.69. The van der Waals surface area contributed by atoms with Gasteiger partial charge in [0.05, 0.1) is 32.0 Å². The van der Waals surface area contributed by atoms with Gasteiger partial charge in [0.1, 0.15) is 0 Å². The summed E-state index contributed by atoms with van der Waals surface area (Å²) in [4.78, 5) is 14.5. The van der Waals surface area contributed by atoms with E-state index in [4.69, 9.17) is 4.74 Å². The molecule has 7 nitrogen and oxygen atoms in total. The number of amides is 1. The van der Waals surface area contributed by atoms with E-state index in [1.165, 1.54) is 25.7 Å². The summed E-state index contributed by atoms with van der Waals surface area (Å²) in [6.45, 7) is 10.9. The lowest BCUT2D eigenvalue weighted by molar-refractivity contribution is -0.203. The van der Waals surface area contributed by atoms with E-state index in [1.807, 2.05) is 0 Å². The van der Waals surface area contributed by atoms with Crippen LogP contribution in [0.4, 0.5) is 4.79 Å². The van der Waals surface area contributed by atoms with Crippen LogP contribution in [-0.2, 0) is 4.74 Å². The Hall–Kier alpha value is -0.890. The molecule has 0 aromatic heterocycles. The standard InChI is InChI=1S/C33H57NO6/c1-5-23-27-18-22(37)8-11-32(27,4)26-9-12-31(3)24(6-7-25(31)28(26)29(23)38)21(2)10-17-40-30(39)34-15-13-33(19-35,20-36)14-16-34/h21-29,35-38H,5-20H2,1-4H3/t21-,22-,23-,24?,25+,26?,27+,28+,29-,31-,32-/m1/s1. The number of nitrogens with zero attached hydrogens (tertiary/aromatic N) is 1. The van der Waals surface area contributed by atoms with E-state index in [0.717, 1.165) is 32.1 Å². The number of piperidine rings is 1. The van der Waals surface area contributed by atoms with Gasteiger partial charge in [-0.05, 0) is 116 Å². The molecule has 230 valence electrons. The van der Waals surface area contributed by atoms with E-state index >= 15 is 0 Å². The molecule has 0 radical (unpaired) electrons. The first-order valence-corrected chi connectivity index (χ1v) is 16.5. The molecule has 5 rings (SSSR count). The Morgan fingerprint density at radius 2 is 1.57 bits per heavy atom. The smallest absolute Gasteiger partial charge is 0.409 e. The van der Waals surface area contributed by atoms with Crippen molar-refractivity contribution in [2.75, 3.05) is 32.9 Å². The van der Waals surface area contributed by atoms with Gasteiger partial charge in [-0.25, -0.2) is 4.79 Å². The van der Waals surface area contributed by atoms with E-state index in [0.29, 0.717) is 68.0 Å². The van der Waals surface area contributed by atoms with Crippen LogP contribution in [0, 0.1) is 57.7 Å². The molecule has 11 atom stereocenters. The number of aliphatic hydroxyl groups is 4. The average molecular weight is 564 g/mol. The maximum Gasteiger partial charge on any atom is 0.409 e. The monoisotopic (exact) mass is 563 g/mol. The Morgan fingerprint density at radius 1 is 0.925 bits per heavy atom. The van der Waals surface area contributed by atoms with Crippen molar-refractivity contribution in [2.24, 2.45) is 57.7 Å². The van der Waals surface area contributed by atoms with Gasteiger partial charge in [-0.2, -0.15) is 0 Å². The third-order valence-electron chi connectivity index (χ3n) is 13.7. The van der Waals surface area contributed by atoms with Gasteiger partial charge in [-0.15, -0.1) is 0 Å². The van der Waals surface area contributed by atoms with Gasteiger partial charge in [0.15, 0.2) is 0 Å². The van der Waals surface area contributed by atoms with Crippen LogP contribution in [0.3, 0.4) is 0 Å². The van der Waals surface area contributed by atoms with Crippen molar-refractivity contribution in [3.8, 4) is 0 Å². The largest absolute Gasteiger partial charge is 0.449 e. The first-order chi connectivity index (χ1) is 19.0. The molecule has 4 aliphatic carbocycles. The Labute approximate surface area is 242 Å². The Kier molecular flexibility index (Phi) is 8.90. The minimum absolute atomic E-state index is 0.0499.